The molecule has 4 nitrogen and oxygen atoms in total. The first kappa shape index (κ1) is 16.2. The summed E-state index contributed by atoms with van der Waals surface area (Å²) in [6.07, 6.45) is 4.21. The Morgan fingerprint density at radius 1 is 1.25 bits per heavy atom. The molecule has 0 radical (unpaired) electrons. The third-order valence-corrected chi connectivity index (χ3v) is 3.17. The average molecular weight is 276 g/mol. The van der Waals surface area contributed by atoms with Crippen molar-refractivity contribution in [3.63, 3.8) is 0 Å². The maximum atomic E-state index is 11.6. The summed E-state index contributed by atoms with van der Waals surface area (Å²) in [5.41, 5.74) is 0.890. The van der Waals surface area contributed by atoms with E-state index in [1.807, 2.05) is 0 Å². The number of carbonyl (C=O) groups is 1. The van der Waals surface area contributed by atoms with Crippen LogP contribution in [0.3, 0.4) is 0 Å². The molecule has 1 amide bonds. The predicted octanol–water partition coefficient (Wildman–Crippen LogP) is 2.25. The van der Waals surface area contributed by atoms with Gasteiger partial charge in [-0.3, -0.25) is 4.79 Å². The second-order valence-corrected chi connectivity index (χ2v) is 4.60. The molecular formula is C16H24N2O2. The number of rotatable bonds is 8. The van der Waals surface area contributed by atoms with Gasteiger partial charge in [0.15, 0.2) is 0 Å². The summed E-state index contributed by atoms with van der Waals surface area (Å²) in [6.45, 7) is 8.07. The molecule has 2 N–H and O–H groups in total. The zero-order valence-electron chi connectivity index (χ0n) is 12.3. The van der Waals surface area contributed by atoms with Crippen LogP contribution in [0, 0.1) is 0 Å². The zero-order valence-corrected chi connectivity index (χ0v) is 12.3. The lowest BCUT2D eigenvalue weighted by Gasteiger charge is -2.17. The van der Waals surface area contributed by atoms with E-state index >= 15 is 0 Å². The highest BCUT2D eigenvalue weighted by Gasteiger charge is 1.99. The van der Waals surface area contributed by atoms with E-state index in [0.717, 1.165) is 31.6 Å². The summed E-state index contributed by atoms with van der Waals surface area (Å²) in [5.74, 6) is 0.139. The number of phenols is 1. The highest BCUT2D eigenvalue weighted by Crippen LogP contribution is 2.10. The molecule has 1 aromatic rings. The molecule has 110 valence electrons. The molecule has 0 heterocycles. The molecule has 0 saturated carbocycles. The van der Waals surface area contributed by atoms with Crippen LogP contribution in [0.15, 0.2) is 30.3 Å². The van der Waals surface area contributed by atoms with Crippen molar-refractivity contribution in [3.05, 3.63) is 35.9 Å². The molecule has 0 spiro atoms. The molecule has 0 aromatic heterocycles. The number of phenolic OH excluding ortho intramolecular Hbond substituents is 1. The van der Waals surface area contributed by atoms with E-state index in [2.05, 4.69) is 24.1 Å². The van der Waals surface area contributed by atoms with Gasteiger partial charge in [-0.25, -0.2) is 0 Å². The molecule has 0 aliphatic carbocycles. The van der Waals surface area contributed by atoms with Crippen molar-refractivity contribution in [2.24, 2.45) is 0 Å². The first-order valence-corrected chi connectivity index (χ1v) is 7.13. The molecule has 0 saturated heterocycles. The van der Waals surface area contributed by atoms with Gasteiger partial charge in [-0.1, -0.05) is 26.0 Å². The van der Waals surface area contributed by atoms with Crippen LogP contribution < -0.4 is 5.32 Å². The van der Waals surface area contributed by atoms with Gasteiger partial charge in [-0.05, 0) is 49.8 Å². The average Bonchev–Trinajstić information content (AvgIpc) is 2.47. The predicted molar refractivity (Wildman–Crippen MR) is 82.6 cm³/mol. The molecular weight excluding hydrogens is 252 g/mol. The minimum absolute atomic E-state index is 0.0855. The Morgan fingerprint density at radius 3 is 2.50 bits per heavy atom. The van der Waals surface area contributed by atoms with Crippen LogP contribution in [0.25, 0.3) is 6.08 Å². The summed E-state index contributed by atoms with van der Waals surface area (Å²) in [6, 6.07) is 6.72. The lowest BCUT2D eigenvalue weighted by atomic mass is 10.2. The van der Waals surface area contributed by atoms with E-state index in [0.29, 0.717) is 6.54 Å². The molecule has 0 bridgehead atoms. The third-order valence-electron chi connectivity index (χ3n) is 3.17. The van der Waals surface area contributed by atoms with Gasteiger partial charge in [0.25, 0.3) is 0 Å². The number of hydrogen-bond acceptors (Lipinski definition) is 3. The first-order valence-electron chi connectivity index (χ1n) is 7.13. The molecule has 20 heavy (non-hydrogen) atoms. The number of nitrogens with zero attached hydrogens (tertiary/aromatic N) is 1. The fourth-order valence-corrected chi connectivity index (χ4v) is 1.87. The Hall–Kier alpha value is -1.81. The van der Waals surface area contributed by atoms with Crippen molar-refractivity contribution >= 4 is 12.0 Å². The Morgan fingerprint density at radius 2 is 1.90 bits per heavy atom. The molecule has 0 aliphatic rings. The molecule has 1 rings (SSSR count). The van der Waals surface area contributed by atoms with Gasteiger partial charge in [-0.2, -0.15) is 0 Å². The smallest absolute Gasteiger partial charge is 0.243 e. The number of hydrogen-bond donors (Lipinski definition) is 2. The SMILES string of the molecule is CCN(CC)CCCNC(=O)/C=C/c1ccc(O)cc1. The number of amides is 1. The standard InChI is InChI=1S/C16H24N2O2/c1-3-18(4-2)13-5-12-17-16(20)11-8-14-6-9-15(19)10-7-14/h6-11,19H,3-5,12-13H2,1-2H3,(H,17,20)/b11-8+. The molecule has 0 aliphatic heterocycles. The molecule has 0 fully saturated rings. The van der Waals surface area contributed by atoms with E-state index in [1.165, 1.54) is 6.08 Å². The lowest BCUT2D eigenvalue weighted by Crippen LogP contribution is -2.29. The Balaban J connectivity index is 2.24. The Bertz CT molecular complexity index is 423. The second kappa shape index (κ2) is 9.15. The van der Waals surface area contributed by atoms with Gasteiger partial charge in [0.2, 0.25) is 5.91 Å². The highest BCUT2D eigenvalue weighted by atomic mass is 16.3. The topological polar surface area (TPSA) is 52.6 Å². The van der Waals surface area contributed by atoms with Gasteiger partial charge in [-0.15, -0.1) is 0 Å². The maximum absolute atomic E-state index is 11.6. The number of benzene rings is 1. The van der Waals surface area contributed by atoms with E-state index in [9.17, 15) is 4.79 Å². The van der Waals surface area contributed by atoms with E-state index in [4.69, 9.17) is 5.11 Å². The van der Waals surface area contributed by atoms with Crippen molar-refractivity contribution in [1.82, 2.24) is 10.2 Å². The summed E-state index contributed by atoms with van der Waals surface area (Å²) in [4.78, 5) is 13.9. The van der Waals surface area contributed by atoms with Crippen molar-refractivity contribution in [2.75, 3.05) is 26.2 Å². The first-order chi connectivity index (χ1) is 9.65. The lowest BCUT2D eigenvalue weighted by molar-refractivity contribution is -0.116. The zero-order chi connectivity index (χ0) is 14.8. The molecule has 1 aromatic carbocycles. The summed E-state index contributed by atoms with van der Waals surface area (Å²) < 4.78 is 0. The number of carbonyl (C=O) groups excluding carboxylic acids is 1. The third kappa shape index (κ3) is 6.38. The van der Waals surface area contributed by atoms with Crippen molar-refractivity contribution < 1.29 is 9.90 Å². The van der Waals surface area contributed by atoms with Crippen LogP contribution in [-0.2, 0) is 4.79 Å². The number of nitrogens with one attached hydrogen (secondary N) is 1. The summed E-state index contributed by atoms with van der Waals surface area (Å²) >= 11 is 0. The van der Waals surface area contributed by atoms with Gasteiger partial charge in [0, 0.05) is 12.6 Å². The minimum Gasteiger partial charge on any atom is -0.508 e. The summed E-state index contributed by atoms with van der Waals surface area (Å²) in [5, 5.41) is 12.0. The van der Waals surface area contributed by atoms with Gasteiger partial charge in [0.1, 0.15) is 5.75 Å². The fraction of sp³-hybridized carbons (Fsp3) is 0.438. The summed E-state index contributed by atoms with van der Waals surface area (Å²) in [7, 11) is 0. The Labute approximate surface area is 121 Å². The van der Waals surface area contributed by atoms with Crippen LogP contribution >= 0.6 is 0 Å². The van der Waals surface area contributed by atoms with Crippen LogP contribution in [0.2, 0.25) is 0 Å². The van der Waals surface area contributed by atoms with Crippen LogP contribution in [-0.4, -0.2) is 42.1 Å². The van der Waals surface area contributed by atoms with E-state index < -0.39 is 0 Å². The van der Waals surface area contributed by atoms with Crippen LogP contribution in [0.4, 0.5) is 0 Å². The van der Waals surface area contributed by atoms with Crippen LogP contribution in [0.5, 0.6) is 5.75 Å². The molecule has 0 unspecified atom stereocenters. The quantitative estimate of drug-likeness (QED) is 0.565. The van der Waals surface area contributed by atoms with E-state index in [-0.39, 0.29) is 11.7 Å². The normalized spacial score (nSPS) is 11.2. The second-order valence-electron chi connectivity index (χ2n) is 4.60. The molecule has 0 atom stereocenters. The van der Waals surface area contributed by atoms with Crippen molar-refractivity contribution in [2.45, 2.75) is 20.3 Å². The number of aromatic hydroxyl groups is 1. The molecule has 4 heteroatoms. The highest BCUT2D eigenvalue weighted by molar-refractivity contribution is 5.91. The van der Waals surface area contributed by atoms with Crippen LogP contribution in [0.1, 0.15) is 25.8 Å². The van der Waals surface area contributed by atoms with Gasteiger partial charge >= 0.3 is 0 Å². The Kier molecular flexibility index (Phi) is 7.43. The van der Waals surface area contributed by atoms with E-state index in [1.54, 1.807) is 30.3 Å². The largest absolute Gasteiger partial charge is 0.508 e. The van der Waals surface area contributed by atoms with Gasteiger partial charge in [0.05, 0.1) is 0 Å². The maximum Gasteiger partial charge on any atom is 0.243 e. The monoisotopic (exact) mass is 276 g/mol. The van der Waals surface area contributed by atoms with Crippen molar-refractivity contribution in [1.29, 1.82) is 0 Å². The van der Waals surface area contributed by atoms with Crippen molar-refractivity contribution in [3.8, 4) is 5.75 Å². The fourth-order valence-electron chi connectivity index (χ4n) is 1.87. The van der Waals surface area contributed by atoms with Gasteiger partial charge < -0.3 is 15.3 Å². The minimum atomic E-state index is -0.0855.